The Morgan fingerprint density at radius 1 is 1.37 bits per heavy atom. The van der Waals surface area contributed by atoms with E-state index in [-0.39, 0.29) is 12.1 Å². The lowest BCUT2D eigenvalue weighted by molar-refractivity contribution is 0.181. The minimum Gasteiger partial charge on any atom is -0.497 e. The molecule has 1 saturated heterocycles. The molecule has 2 unspecified atom stereocenters. The number of aromatic nitrogens is 2. The minimum atomic E-state index is -0.352. The lowest BCUT2D eigenvalue weighted by Gasteiger charge is -2.30. The van der Waals surface area contributed by atoms with Crippen molar-refractivity contribution in [3.63, 3.8) is 0 Å². The molecule has 1 aliphatic heterocycles. The molecule has 1 aliphatic rings. The van der Waals surface area contributed by atoms with Crippen LogP contribution in [0.2, 0.25) is 0 Å². The van der Waals surface area contributed by atoms with Crippen molar-refractivity contribution in [3.8, 4) is 5.75 Å². The van der Waals surface area contributed by atoms with Gasteiger partial charge in [-0.05, 0) is 62.4 Å². The topological polar surface area (TPSA) is 71.4 Å². The Bertz CT molecular complexity index is 806. The first-order valence-corrected chi connectivity index (χ1v) is 10.9. The molecule has 1 fully saturated rings. The number of urea groups is 1. The van der Waals surface area contributed by atoms with Crippen molar-refractivity contribution in [1.29, 1.82) is 0 Å². The maximum Gasteiger partial charge on any atom is 0.315 e. The minimum absolute atomic E-state index is 0.183. The summed E-state index contributed by atoms with van der Waals surface area (Å²) in [5.74, 6) is 2.33. The standard InChI is InChI=1S/C23H35N5O2/c1-18-8-7-14-28(17-18)13-5-4-11-25-23(29)26-21(22-24-12-15-27(22)2)19-9-6-10-20(16-19)30-3/h6,9-10,12,15-16,18,21H,4-5,7-8,11,13-14,17H2,1-3H3,(H2,25,26,29). The third-order valence-electron chi connectivity index (χ3n) is 5.75. The van der Waals surface area contributed by atoms with Crippen molar-refractivity contribution in [3.05, 3.63) is 48.0 Å². The molecule has 3 rings (SSSR count). The largest absolute Gasteiger partial charge is 0.497 e. The summed E-state index contributed by atoms with van der Waals surface area (Å²) in [6.07, 6.45) is 8.35. The molecule has 2 amide bonds. The predicted octanol–water partition coefficient (Wildman–Crippen LogP) is 3.33. The zero-order chi connectivity index (χ0) is 21.3. The number of methoxy groups -OCH3 is 1. The number of ether oxygens (including phenoxy) is 1. The number of aryl methyl sites for hydroxylation is 1. The van der Waals surface area contributed by atoms with Crippen molar-refractivity contribution in [2.45, 2.75) is 38.6 Å². The fourth-order valence-corrected chi connectivity index (χ4v) is 4.11. The molecule has 1 aromatic heterocycles. The van der Waals surface area contributed by atoms with Crippen LogP contribution >= 0.6 is 0 Å². The summed E-state index contributed by atoms with van der Waals surface area (Å²) in [7, 11) is 3.57. The van der Waals surface area contributed by atoms with Gasteiger partial charge < -0.3 is 24.8 Å². The summed E-state index contributed by atoms with van der Waals surface area (Å²) < 4.78 is 7.27. The highest BCUT2D eigenvalue weighted by Gasteiger charge is 2.21. The van der Waals surface area contributed by atoms with E-state index >= 15 is 0 Å². The fraction of sp³-hybridized carbons (Fsp3) is 0.565. The first-order valence-electron chi connectivity index (χ1n) is 10.9. The molecule has 0 saturated carbocycles. The Balaban J connectivity index is 1.50. The molecular weight excluding hydrogens is 378 g/mol. The normalized spacial score (nSPS) is 18.0. The van der Waals surface area contributed by atoms with E-state index in [1.54, 1.807) is 13.3 Å². The second-order valence-corrected chi connectivity index (χ2v) is 8.26. The Labute approximate surface area is 179 Å². The molecule has 0 radical (unpaired) electrons. The van der Waals surface area contributed by atoms with Gasteiger partial charge in [0, 0.05) is 32.5 Å². The van der Waals surface area contributed by atoms with Gasteiger partial charge >= 0.3 is 6.03 Å². The van der Waals surface area contributed by atoms with E-state index in [0.717, 1.165) is 42.4 Å². The smallest absolute Gasteiger partial charge is 0.315 e. The first kappa shape index (κ1) is 22.2. The van der Waals surface area contributed by atoms with Gasteiger partial charge in [0.1, 0.15) is 17.6 Å². The van der Waals surface area contributed by atoms with Crippen LogP contribution in [-0.2, 0) is 7.05 Å². The number of hydrogen-bond donors (Lipinski definition) is 2. The van der Waals surface area contributed by atoms with Crippen LogP contribution in [-0.4, -0.2) is 53.8 Å². The highest BCUT2D eigenvalue weighted by Crippen LogP contribution is 2.24. The van der Waals surface area contributed by atoms with E-state index < -0.39 is 0 Å². The van der Waals surface area contributed by atoms with Crippen LogP contribution in [0.3, 0.4) is 0 Å². The Morgan fingerprint density at radius 2 is 2.23 bits per heavy atom. The van der Waals surface area contributed by atoms with E-state index in [1.807, 2.05) is 42.1 Å². The molecule has 1 aromatic carbocycles. The third-order valence-corrected chi connectivity index (χ3v) is 5.75. The lowest BCUT2D eigenvalue weighted by atomic mass is 10.0. The van der Waals surface area contributed by atoms with Gasteiger partial charge in [-0.25, -0.2) is 9.78 Å². The second kappa shape index (κ2) is 11.0. The van der Waals surface area contributed by atoms with Gasteiger partial charge in [-0.3, -0.25) is 0 Å². The summed E-state index contributed by atoms with van der Waals surface area (Å²) in [6, 6.07) is 7.18. The maximum absolute atomic E-state index is 12.6. The number of imidazole rings is 1. The number of carbonyl (C=O) groups excluding carboxylic acids is 1. The predicted molar refractivity (Wildman–Crippen MR) is 119 cm³/mol. The van der Waals surface area contributed by atoms with Crippen LogP contribution in [0, 0.1) is 5.92 Å². The van der Waals surface area contributed by atoms with Gasteiger partial charge in [-0.15, -0.1) is 0 Å². The summed E-state index contributed by atoms with van der Waals surface area (Å²) in [6.45, 7) is 6.54. The number of likely N-dealkylation sites (tertiary alicyclic amines) is 1. The molecule has 2 N–H and O–H groups in total. The van der Waals surface area contributed by atoms with E-state index in [0.29, 0.717) is 6.54 Å². The number of nitrogens with one attached hydrogen (secondary N) is 2. The fourth-order valence-electron chi connectivity index (χ4n) is 4.11. The van der Waals surface area contributed by atoms with Crippen molar-refractivity contribution in [1.82, 2.24) is 25.1 Å². The average Bonchev–Trinajstić information content (AvgIpc) is 3.17. The zero-order valence-electron chi connectivity index (χ0n) is 18.4. The molecule has 30 heavy (non-hydrogen) atoms. The molecule has 0 bridgehead atoms. The summed E-state index contributed by atoms with van der Waals surface area (Å²) >= 11 is 0. The second-order valence-electron chi connectivity index (χ2n) is 8.26. The number of benzene rings is 1. The first-order chi connectivity index (χ1) is 14.6. The molecular formula is C23H35N5O2. The number of unbranched alkanes of at least 4 members (excludes halogenated alkanes) is 1. The van der Waals surface area contributed by atoms with Crippen LogP contribution < -0.4 is 15.4 Å². The van der Waals surface area contributed by atoms with Gasteiger partial charge in [0.05, 0.1) is 7.11 Å². The molecule has 164 valence electrons. The Morgan fingerprint density at radius 3 is 2.97 bits per heavy atom. The zero-order valence-corrected chi connectivity index (χ0v) is 18.4. The van der Waals surface area contributed by atoms with Gasteiger partial charge in [-0.2, -0.15) is 0 Å². The molecule has 2 heterocycles. The number of nitrogens with zero attached hydrogens (tertiary/aromatic N) is 3. The van der Waals surface area contributed by atoms with Crippen molar-refractivity contribution in [2.75, 3.05) is 33.3 Å². The summed E-state index contributed by atoms with van der Waals surface area (Å²) in [5, 5.41) is 6.08. The number of hydrogen-bond acceptors (Lipinski definition) is 4. The molecule has 2 aromatic rings. The highest BCUT2D eigenvalue weighted by molar-refractivity contribution is 5.74. The Hall–Kier alpha value is -2.54. The molecule has 0 spiro atoms. The van der Waals surface area contributed by atoms with E-state index in [1.165, 1.54) is 25.9 Å². The Kier molecular flexibility index (Phi) is 8.13. The van der Waals surface area contributed by atoms with Crippen LogP contribution in [0.25, 0.3) is 0 Å². The van der Waals surface area contributed by atoms with Gasteiger partial charge in [0.15, 0.2) is 0 Å². The quantitative estimate of drug-likeness (QED) is 0.619. The summed E-state index contributed by atoms with van der Waals surface area (Å²) in [4.78, 5) is 19.6. The van der Waals surface area contributed by atoms with Crippen LogP contribution in [0.5, 0.6) is 5.75 Å². The molecule has 2 atom stereocenters. The SMILES string of the molecule is COc1cccc(C(NC(=O)NCCCCN2CCCC(C)C2)c2nccn2C)c1. The molecule has 0 aliphatic carbocycles. The number of amides is 2. The van der Waals surface area contributed by atoms with Crippen LogP contribution in [0.4, 0.5) is 4.79 Å². The van der Waals surface area contributed by atoms with Crippen molar-refractivity contribution >= 4 is 6.03 Å². The van der Waals surface area contributed by atoms with Crippen molar-refractivity contribution < 1.29 is 9.53 Å². The lowest BCUT2D eigenvalue weighted by Crippen LogP contribution is -2.40. The van der Waals surface area contributed by atoms with Crippen LogP contribution in [0.1, 0.15) is 50.0 Å². The highest BCUT2D eigenvalue weighted by atomic mass is 16.5. The monoisotopic (exact) mass is 413 g/mol. The number of piperidine rings is 1. The van der Waals surface area contributed by atoms with E-state index in [4.69, 9.17) is 4.74 Å². The van der Waals surface area contributed by atoms with Gasteiger partial charge in [0.25, 0.3) is 0 Å². The van der Waals surface area contributed by atoms with E-state index in [9.17, 15) is 4.79 Å². The molecule has 7 heteroatoms. The van der Waals surface area contributed by atoms with Crippen molar-refractivity contribution in [2.24, 2.45) is 13.0 Å². The average molecular weight is 414 g/mol. The maximum atomic E-state index is 12.6. The van der Waals surface area contributed by atoms with Gasteiger partial charge in [-0.1, -0.05) is 19.1 Å². The van der Waals surface area contributed by atoms with E-state index in [2.05, 4.69) is 27.4 Å². The number of carbonyl (C=O) groups is 1. The third kappa shape index (κ3) is 6.23. The molecule has 7 nitrogen and oxygen atoms in total. The van der Waals surface area contributed by atoms with Gasteiger partial charge in [0.2, 0.25) is 0 Å². The summed E-state index contributed by atoms with van der Waals surface area (Å²) in [5.41, 5.74) is 0.929. The van der Waals surface area contributed by atoms with Crippen LogP contribution in [0.15, 0.2) is 36.7 Å². The number of rotatable bonds is 9.